The van der Waals surface area contributed by atoms with E-state index >= 15 is 0 Å². The summed E-state index contributed by atoms with van der Waals surface area (Å²) in [5, 5.41) is 9.01. The van der Waals surface area contributed by atoms with Crippen LogP contribution in [0.25, 0.3) is 0 Å². The monoisotopic (exact) mass is 471 g/mol. The summed E-state index contributed by atoms with van der Waals surface area (Å²) in [6.07, 6.45) is -0.229. The first kappa shape index (κ1) is 23.5. The van der Waals surface area contributed by atoms with E-state index in [-0.39, 0.29) is 24.3 Å². The molecule has 0 aliphatic carbocycles. The number of aromatic nitrogens is 1. The van der Waals surface area contributed by atoms with Gasteiger partial charge in [-0.3, -0.25) is 14.6 Å². The molecular weight excluding hydrogens is 447 g/mol. The molecule has 0 radical (unpaired) electrons. The number of alkyl halides is 3. The van der Waals surface area contributed by atoms with Crippen molar-refractivity contribution in [2.45, 2.75) is 19.0 Å². The molecule has 2 N–H and O–H groups in total. The van der Waals surface area contributed by atoms with Crippen LogP contribution in [0.2, 0.25) is 0 Å². The molecule has 178 valence electrons. The van der Waals surface area contributed by atoms with Gasteiger partial charge in [-0.05, 0) is 55.0 Å². The molecule has 2 atom stereocenters. The fraction of sp³-hybridized carbons (Fsp3) is 0.417. The predicted octanol–water partition coefficient (Wildman–Crippen LogP) is 3.06. The number of pyridine rings is 1. The van der Waals surface area contributed by atoms with Gasteiger partial charge < -0.3 is 15.5 Å². The number of amides is 2. The maximum absolute atomic E-state index is 13.3. The Labute approximate surface area is 195 Å². The van der Waals surface area contributed by atoms with E-state index in [0.717, 1.165) is 6.07 Å². The number of halogens is 3. The van der Waals surface area contributed by atoms with Crippen LogP contribution in [-0.2, 0) is 11.0 Å². The summed E-state index contributed by atoms with van der Waals surface area (Å²) in [6, 6.07) is 8.70. The number of nitriles is 1. The summed E-state index contributed by atoms with van der Waals surface area (Å²) in [6.45, 7) is 1.67. The second-order valence-electron chi connectivity index (χ2n) is 8.79. The number of benzene rings is 1. The summed E-state index contributed by atoms with van der Waals surface area (Å²) in [7, 11) is 0. The van der Waals surface area contributed by atoms with Crippen LogP contribution < -0.4 is 10.6 Å². The number of carbonyl (C=O) groups is 2. The highest BCUT2D eigenvalue weighted by atomic mass is 19.4. The highest BCUT2D eigenvalue weighted by Gasteiger charge is 2.43. The minimum absolute atomic E-state index is 0.105. The van der Waals surface area contributed by atoms with Gasteiger partial charge in [-0.25, -0.2) is 0 Å². The van der Waals surface area contributed by atoms with Crippen molar-refractivity contribution < 1.29 is 22.8 Å². The van der Waals surface area contributed by atoms with Crippen molar-refractivity contribution in [3.8, 4) is 6.07 Å². The third kappa shape index (κ3) is 4.69. The number of primary amides is 1. The molecule has 4 rings (SSSR count). The molecule has 0 saturated carbocycles. The molecule has 2 saturated heterocycles. The predicted molar refractivity (Wildman–Crippen MR) is 117 cm³/mol. The first-order valence-corrected chi connectivity index (χ1v) is 11.0. The number of hydrogen-bond acceptors (Lipinski definition) is 5. The van der Waals surface area contributed by atoms with Gasteiger partial charge >= 0.3 is 6.18 Å². The first-order chi connectivity index (χ1) is 16.2. The number of anilines is 1. The molecule has 0 bridgehead atoms. The van der Waals surface area contributed by atoms with E-state index in [0.29, 0.717) is 43.7 Å². The molecule has 2 aliphatic rings. The Hall–Kier alpha value is -3.61. The van der Waals surface area contributed by atoms with Crippen molar-refractivity contribution in [2.75, 3.05) is 31.1 Å². The van der Waals surface area contributed by atoms with Gasteiger partial charge in [0.25, 0.3) is 5.91 Å². The molecule has 2 aliphatic heterocycles. The smallest absolute Gasteiger partial charge is 0.372 e. The second-order valence-corrected chi connectivity index (χ2v) is 8.79. The topological polar surface area (TPSA) is 103 Å². The fourth-order valence-corrected chi connectivity index (χ4v) is 5.09. The van der Waals surface area contributed by atoms with Crippen molar-refractivity contribution in [3.05, 3.63) is 59.4 Å². The highest BCUT2D eigenvalue weighted by Crippen LogP contribution is 2.39. The van der Waals surface area contributed by atoms with Crippen LogP contribution in [-0.4, -0.2) is 47.9 Å². The maximum atomic E-state index is 13.3. The van der Waals surface area contributed by atoms with E-state index in [1.807, 2.05) is 4.90 Å². The SMILES string of the molecule is N#Cc1ccc(N2CCC(C3CN(C(=O)c4cccnc4)CC3C(N)=O)CC2)cc1C(F)(F)F. The minimum Gasteiger partial charge on any atom is -0.372 e. The number of piperidine rings is 1. The molecule has 2 unspecified atom stereocenters. The molecule has 3 heterocycles. The Morgan fingerprint density at radius 3 is 2.47 bits per heavy atom. The van der Waals surface area contributed by atoms with Crippen molar-refractivity contribution in [1.29, 1.82) is 5.26 Å². The van der Waals surface area contributed by atoms with Crippen LogP contribution in [0, 0.1) is 29.1 Å². The van der Waals surface area contributed by atoms with Gasteiger partial charge in [-0.2, -0.15) is 18.4 Å². The molecule has 2 aromatic rings. The zero-order valence-corrected chi connectivity index (χ0v) is 18.3. The van der Waals surface area contributed by atoms with Crippen LogP contribution in [0.15, 0.2) is 42.7 Å². The Morgan fingerprint density at radius 2 is 1.88 bits per heavy atom. The molecule has 1 aromatic carbocycles. The van der Waals surface area contributed by atoms with E-state index in [4.69, 9.17) is 11.0 Å². The largest absolute Gasteiger partial charge is 0.417 e. The lowest BCUT2D eigenvalue weighted by Gasteiger charge is -2.37. The van der Waals surface area contributed by atoms with Crippen LogP contribution in [0.4, 0.5) is 18.9 Å². The quantitative estimate of drug-likeness (QED) is 0.738. The summed E-state index contributed by atoms with van der Waals surface area (Å²) < 4.78 is 40.0. The van der Waals surface area contributed by atoms with Gasteiger partial charge in [-0.1, -0.05) is 0 Å². The van der Waals surface area contributed by atoms with Crippen LogP contribution >= 0.6 is 0 Å². The molecule has 34 heavy (non-hydrogen) atoms. The number of carbonyl (C=O) groups excluding carboxylic acids is 2. The number of nitrogens with zero attached hydrogens (tertiary/aromatic N) is 4. The molecule has 7 nitrogen and oxygen atoms in total. The number of hydrogen-bond donors (Lipinski definition) is 1. The van der Waals surface area contributed by atoms with E-state index in [9.17, 15) is 22.8 Å². The first-order valence-electron chi connectivity index (χ1n) is 11.0. The van der Waals surface area contributed by atoms with Gasteiger partial charge in [0.05, 0.1) is 28.7 Å². The van der Waals surface area contributed by atoms with Crippen molar-refractivity contribution in [3.63, 3.8) is 0 Å². The molecular formula is C24H24F3N5O2. The summed E-state index contributed by atoms with van der Waals surface area (Å²) in [4.78, 5) is 32.5. The third-order valence-corrected chi connectivity index (χ3v) is 6.87. The number of rotatable bonds is 4. The zero-order chi connectivity index (χ0) is 24.5. The van der Waals surface area contributed by atoms with Crippen molar-refractivity contribution in [1.82, 2.24) is 9.88 Å². The Bertz CT molecular complexity index is 1110. The zero-order valence-electron chi connectivity index (χ0n) is 18.3. The Balaban J connectivity index is 1.45. The van der Waals surface area contributed by atoms with E-state index < -0.39 is 29.1 Å². The maximum Gasteiger partial charge on any atom is 0.417 e. The summed E-state index contributed by atoms with van der Waals surface area (Å²) in [5.74, 6) is -1.11. The lowest BCUT2D eigenvalue weighted by molar-refractivity contribution is -0.137. The van der Waals surface area contributed by atoms with Crippen LogP contribution in [0.5, 0.6) is 0 Å². The molecule has 2 amide bonds. The van der Waals surface area contributed by atoms with Crippen molar-refractivity contribution in [2.24, 2.45) is 23.5 Å². The highest BCUT2D eigenvalue weighted by molar-refractivity contribution is 5.94. The molecule has 0 spiro atoms. The average Bonchev–Trinajstić information content (AvgIpc) is 3.29. The van der Waals surface area contributed by atoms with Crippen LogP contribution in [0.3, 0.4) is 0 Å². The van der Waals surface area contributed by atoms with Gasteiger partial charge in [0, 0.05) is 44.3 Å². The van der Waals surface area contributed by atoms with E-state index in [1.54, 1.807) is 29.3 Å². The van der Waals surface area contributed by atoms with Crippen molar-refractivity contribution >= 4 is 17.5 Å². The number of nitrogens with two attached hydrogens (primary N) is 1. The Morgan fingerprint density at radius 1 is 1.15 bits per heavy atom. The van der Waals surface area contributed by atoms with Gasteiger partial charge in [0.2, 0.25) is 5.91 Å². The van der Waals surface area contributed by atoms with Gasteiger partial charge in [0.1, 0.15) is 0 Å². The summed E-state index contributed by atoms with van der Waals surface area (Å²) in [5.41, 5.74) is 5.18. The van der Waals surface area contributed by atoms with E-state index in [2.05, 4.69) is 4.98 Å². The Kier molecular flexibility index (Phi) is 6.46. The fourth-order valence-electron chi connectivity index (χ4n) is 5.09. The summed E-state index contributed by atoms with van der Waals surface area (Å²) >= 11 is 0. The second kappa shape index (κ2) is 9.33. The van der Waals surface area contributed by atoms with Gasteiger partial charge in [0.15, 0.2) is 0 Å². The van der Waals surface area contributed by atoms with Gasteiger partial charge in [-0.15, -0.1) is 0 Å². The lowest BCUT2D eigenvalue weighted by atomic mass is 9.78. The van der Waals surface area contributed by atoms with Crippen LogP contribution in [0.1, 0.15) is 34.3 Å². The minimum atomic E-state index is -4.61. The standard InChI is InChI=1S/C24H24F3N5O2/c25-24(26,27)21-10-18(4-3-16(21)11-28)31-8-5-15(6-9-31)19-13-32(14-20(19)22(29)33)23(34)17-2-1-7-30-12-17/h1-4,7,10,12,15,19-20H,5-6,8-9,13-14H2,(H2,29,33). The molecule has 10 heteroatoms. The molecule has 2 fully saturated rings. The third-order valence-electron chi connectivity index (χ3n) is 6.87. The lowest BCUT2D eigenvalue weighted by Crippen LogP contribution is -2.40. The number of likely N-dealkylation sites (tertiary alicyclic amines) is 1. The average molecular weight is 471 g/mol. The molecule has 1 aromatic heterocycles. The van der Waals surface area contributed by atoms with E-state index in [1.165, 1.54) is 18.3 Å². The normalized spacial score (nSPS) is 21.4.